The summed E-state index contributed by atoms with van der Waals surface area (Å²) in [5.74, 6) is -2.30. The molecule has 2 amide bonds. The Morgan fingerprint density at radius 3 is 2.42 bits per heavy atom. The molecule has 2 heterocycles. The molecule has 1 saturated heterocycles. The minimum absolute atomic E-state index is 0.0214. The Morgan fingerprint density at radius 1 is 1.08 bits per heavy atom. The molecule has 1 aliphatic rings. The van der Waals surface area contributed by atoms with Gasteiger partial charge in [-0.1, -0.05) is 0 Å². The van der Waals surface area contributed by atoms with Gasteiger partial charge in [0.15, 0.2) is 0 Å². The first kappa shape index (κ1) is 16.0. The van der Waals surface area contributed by atoms with Crippen LogP contribution in [-0.2, 0) is 11.3 Å². The molecule has 0 spiro atoms. The number of hydrogen-bond donors (Lipinski definition) is 0. The van der Waals surface area contributed by atoms with Crippen molar-refractivity contribution in [3.05, 3.63) is 41.7 Å². The maximum Gasteiger partial charge on any atom is 0.256 e. The van der Waals surface area contributed by atoms with Gasteiger partial charge in [0.2, 0.25) is 5.91 Å². The van der Waals surface area contributed by atoms with Crippen LogP contribution in [0.25, 0.3) is 0 Å². The zero-order valence-electron chi connectivity index (χ0n) is 12.6. The number of nitrogens with zero attached hydrogens (tertiary/aromatic N) is 6. The molecule has 126 valence electrons. The lowest BCUT2D eigenvalue weighted by Crippen LogP contribution is -2.51. The molecule has 8 nitrogen and oxygen atoms in total. The first-order valence-electron chi connectivity index (χ1n) is 7.27. The fourth-order valence-corrected chi connectivity index (χ4v) is 2.48. The molecule has 0 bridgehead atoms. The van der Waals surface area contributed by atoms with Crippen LogP contribution in [0.5, 0.6) is 0 Å². The number of carbonyl (C=O) groups is 2. The minimum atomic E-state index is -0.891. The molecule has 1 aliphatic heterocycles. The number of benzene rings is 1. The van der Waals surface area contributed by atoms with E-state index in [1.54, 1.807) is 4.90 Å². The van der Waals surface area contributed by atoms with Gasteiger partial charge in [-0.25, -0.2) is 13.5 Å². The van der Waals surface area contributed by atoms with Crippen LogP contribution in [0.4, 0.5) is 8.78 Å². The second kappa shape index (κ2) is 6.69. The van der Waals surface area contributed by atoms with Crippen LogP contribution in [0.3, 0.4) is 0 Å². The minimum Gasteiger partial charge on any atom is -0.338 e. The van der Waals surface area contributed by atoms with Crippen LogP contribution in [0.15, 0.2) is 24.5 Å². The molecule has 0 radical (unpaired) electrons. The fourth-order valence-electron chi connectivity index (χ4n) is 2.48. The molecule has 10 heteroatoms. The maximum absolute atomic E-state index is 13.7. The zero-order chi connectivity index (χ0) is 17.1. The summed E-state index contributed by atoms with van der Waals surface area (Å²) in [6, 6.07) is 2.85. The van der Waals surface area contributed by atoms with Gasteiger partial charge in [-0.2, -0.15) is 0 Å². The second-order valence-electron chi connectivity index (χ2n) is 5.30. The Kier molecular flexibility index (Phi) is 4.45. The number of tetrazole rings is 1. The lowest BCUT2D eigenvalue weighted by molar-refractivity contribution is -0.133. The van der Waals surface area contributed by atoms with Crippen LogP contribution >= 0.6 is 0 Å². The quantitative estimate of drug-likeness (QED) is 0.784. The number of aromatic nitrogens is 4. The van der Waals surface area contributed by atoms with Gasteiger partial charge in [0.25, 0.3) is 5.91 Å². The van der Waals surface area contributed by atoms with E-state index >= 15 is 0 Å². The molecule has 3 rings (SSSR count). The van der Waals surface area contributed by atoms with Crippen molar-refractivity contribution in [2.45, 2.75) is 6.54 Å². The van der Waals surface area contributed by atoms with E-state index in [0.717, 1.165) is 12.1 Å². The summed E-state index contributed by atoms with van der Waals surface area (Å²) in [4.78, 5) is 27.4. The summed E-state index contributed by atoms with van der Waals surface area (Å²) >= 11 is 0. The topological polar surface area (TPSA) is 84.2 Å². The predicted molar refractivity (Wildman–Crippen MR) is 76.7 cm³/mol. The summed E-state index contributed by atoms with van der Waals surface area (Å²) in [5.41, 5.74) is -0.176. The number of amides is 2. The van der Waals surface area contributed by atoms with Gasteiger partial charge >= 0.3 is 0 Å². The van der Waals surface area contributed by atoms with Crippen LogP contribution < -0.4 is 0 Å². The second-order valence-corrected chi connectivity index (χ2v) is 5.30. The molecule has 0 saturated carbocycles. The van der Waals surface area contributed by atoms with Crippen LogP contribution in [0.2, 0.25) is 0 Å². The Bertz CT molecular complexity index is 744. The van der Waals surface area contributed by atoms with E-state index in [4.69, 9.17) is 0 Å². The van der Waals surface area contributed by atoms with Crippen molar-refractivity contribution in [1.29, 1.82) is 0 Å². The Hall–Kier alpha value is -2.91. The standard InChI is InChI=1S/C14H14F2N6O2/c15-10-1-2-11(12(16)7-10)14(24)21-5-3-20(4-6-21)13(23)8-22-9-17-18-19-22/h1-2,7,9H,3-6,8H2. The highest BCUT2D eigenvalue weighted by atomic mass is 19.1. The van der Waals surface area contributed by atoms with Crippen molar-refractivity contribution < 1.29 is 18.4 Å². The van der Waals surface area contributed by atoms with Gasteiger partial charge in [-0.05, 0) is 22.6 Å². The maximum atomic E-state index is 13.7. The molecule has 0 atom stereocenters. The number of piperazine rings is 1. The first-order valence-corrected chi connectivity index (χ1v) is 7.27. The Labute approximate surface area is 135 Å². The highest BCUT2D eigenvalue weighted by molar-refractivity contribution is 5.94. The Morgan fingerprint density at radius 2 is 1.79 bits per heavy atom. The first-order chi connectivity index (χ1) is 11.5. The normalized spacial score (nSPS) is 14.8. The van der Waals surface area contributed by atoms with E-state index in [1.807, 2.05) is 0 Å². The molecule has 1 fully saturated rings. The lowest BCUT2D eigenvalue weighted by Gasteiger charge is -2.34. The van der Waals surface area contributed by atoms with Gasteiger partial charge in [-0.15, -0.1) is 5.10 Å². The third-order valence-electron chi connectivity index (χ3n) is 3.77. The largest absolute Gasteiger partial charge is 0.338 e. The van der Waals surface area contributed by atoms with Crippen molar-refractivity contribution in [2.24, 2.45) is 0 Å². The molecule has 1 aromatic carbocycles. The van der Waals surface area contributed by atoms with E-state index in [2.05, 4.69) is 15.5 Å². The summed E-state index contributed by atoms with van der Waals surface area (Å²) in [7, 11) is 0. The highest BCUT2D eigenvalue weighted by Gasteiger charge is 2.26. The SMILES string of the molecule is O=C(Cn1cnnn1)N1CCN(C(=O)c2ccc(F)cc2F)CC1. The van der Waals surface area contributed by atoms with E-state index in [-0.39, 0.29) is 31.1 Å². The zero-order valence-corrected chi connectivity index (χ0v) is 12.6. The van der Waals surface area contributed by atoms with Gasteiger partial charge in [-0.3, -0.25) is 9.59 Å². The average Bonchev–Trinajstić information content (AvgIpc) is 3.07. The van der Waals surface area contributed by atoms with Gasteiger partial charge in [0, 0.05) is 32.2 Å². The molecule has 2 aromatic rings. The molecule has 1 aromatic heterocycles. The van der Waals surface area contributed by atoms with E-state index < -0.39 is 17.5 Å². The third-order valence-corrected chi connectivity index (χ3v) is 3.77. The summed E-state index contributed by atoms with van der Waals surface area (Å²) in [5, 5.41) is 10.5. The molecule has 0 unspecified atom stereocenters. The summed E-state index contributed by atoms with van der Waals surface area (Å²) in [6.45, 7) is 1.23. The van der Waals surface area contributed by atoms with E-state index in [1.165, 1.54) is 15.9 Å². The fraction of sp³-hybridized carbons (Fsp3) is 0.357. The molecule has 0 aliphatic carbocycles. The average molecular weight is 336 g/mol. The van der Waals surface area contributed by atoms with Crippen LogP contribution in [0.1, 0.15) is 10.4 Å². The van der Waals surface area contributed by atoms with Gasteiger partial charge in [0.1, 0.15) is 24.5 Å². The van der Waals surface area contributed by atoms with Gasteiger partial charge < -0.3 is 9.80 Å². The van der Waals surface area contributed by atoms with Crippen molar-refractivity contribution in [3.8, 4) is 0 Å². The molecule has 24 heavy (non-hydrogen) atoms. The lowest BCUT2D eigenvalue weighted by atomic mass is 10.1. The highest BCUT2D eigenvalue weighted by Crippen LogP contribution is 2.14. The number of hydrogen-bond acceptors (Lipinski definition) is 5. The predicted octanol–water partition coefficient (Wildman–Crippen LogP) is -0.0641. The summed E-state index contributed by atoms with van der Waals surface area (Å²) in [6.07, 6.45) is 1.34. The number of halogens is 2. The number of carbonyl (C=O) groups excluding carboxylic acids is 2. The monoisotopic (exact) mass is 336 g/mol. The van der Waals surface area contributed by atoms with E-state index in [9.17, 15) is 18.4 Å². The number of rotatable bonds is 3. The van der Waals surface area contributed by atoms with Crippen molar-refractivity contribution in [2.75, 3.05) is 26.2 Å². The molecular weight excluding hydrogens is 322 g/mol. The van der Waals surface area contributed by atoms with Crippen molar-refractivity contribution >= 4 is 11.8 Å². The van der Waals surface area contributed by atoms with Crippen molar-refractivity contribution in [3.63, 3.8) is 0 Å². The van der Waals surface area contributed by atoms with Crippen LogP contribution in [-0.4, -0.2) is 68.0 Å². The van der Waals surface area contributed by atoms with Gasteiger partial charge in [0.05, 0.1) is 5.56 Å². The smallest absolute Gasteiger partial charge is 0.256 e. The summed E-state index contributed by atoms with van der Waals surface area (Å²) < 4.78 is 27.9. The van der Waals surface area contributed by atoms with E-state index in [0.29, 0.717) is 19.2 Å². The third kappa shape index (κ3) is 3.36. The molecule has 0 N–H and O–H groups in total. The Balaban J connectivity index is 1.58. The molecular formula is C14H14F2N6O2. The van der Waals surface area contributed by atoms with Crippen molar-refractivity contribution in [1.82, 2.24) is 30.0 Å². The van der Waals surface area contributed by atoms with Crippen LogP contribution in [0, 0.1) is 11.6 Å².